The molecule has 0 bridgehead atoms. The van der Waals surface area contributed by atoms with Crippen LogP contribution >= 0.6 is 12.4 Å². The summed E-state index contributed by atoms with van der Waals surface area (Å²) in [4.78, 5) is 26.6. The van der Waals surface area contributed by atoms with E-state index in [1.165, 1.54) is 6.42 Å². The SMILES string of the molecule is Cl.O=C(Cn1ccc(=O)c2ccccc21)N1CCC2(CCNC2)CC1. The van der Waals surface area contributed by atoms with Gasteiger partial charge in [-0.15, -0.1) is 12.4 Å². The highest BCUT2D eigenvalue weighted by molar-refractivity contribution is 5.85. The minimum atomic E-state index is 0. The quantitative estimate of drug-likeness (QED) is 0.890. The molecule has 1 aromatic heterocycles. The average molecular weight is 362 g/mol. The predicted octanol–water partition coefficient (Wildman–Crippen LogP) is 2.03. The number of para-hydroxylation sites is 1. The number of carbonyl (C=O) groups is 1. The number of aromatic nitrogens is 1. The molecule has 3 heterocycles. The summed E-state index contributed by atoms with van der Waals surface area (Å²) in [6.45, 7) is 4.19. The number of likely N-dealkylation sites (tertiary alicyclic amines) is 1. The van der Waals surface area contributed by atoms with Crippen molar-refractivity contribution in [3.8, 4) is 0 Å². The number of pyridine rings is 1. The molecule has 1 spiro atoms. The van der Waals surface area contributed by atoms with Crippen molar-refractivity contribution in [2.24, 2.45) is 5.41 Å². The van der Waals surface area contributed by atoms with Gasteiger partial charge in [-0.1, -0.05) is 12.1 Å². The maximum atomic E-state index is 12.7. The number of amides is 1. The summed E-state index contributed by atoms with van der Waals surface area (Å²) < 4.78 is 1.89. The average Bonchev–Trinajstić information content (AvgIpc) is 3.06. The largest absolute Gasteiger partial charge is 0.341 e. The van der Waals surface area contributed by atoms with Gasteiger partial charge in [0.25, 0.3) is 0 Å². The molecule has 0 atom stereocenters. The lowest BCUT2D eigenvalue weighted by Gasteiger charge is -2.39. The first-order valence-corrected chi connectivity index (χ1v) is 8.74. The molecule has 134 valence electrons. The van der Waals surface area contributed by atoms with Crippen LogP contribution in [-0.2, 0) is 11.3 Å². The maximum absolute atomic E-state index is 12.7. The fourth-order valence-corrected chi connectivity index (χ4v) is 4.10. The van der Waals surface area contributed by atoms with Crippen LogP contribution in [0.25, 0.3) is 10.9 Å². The van der Waals surface area contributed by atoms with E-state index in [0.717, 1.165) is 44.5 Å². The zero-order chi connectivity index (χ0) is 16.6. The second-order valence-electron chi connectivity index (χ2n) is 7.13. The number of hydrogen-bond donors (Lipinski definition) is 1. The number of hydrogen-bond acceptors (Lipinski definition) is 3. The molecule has 4 rings (SSSR count). The van der Waals surface area contributed by atoms with Gasteiger partial charge in [-0.3, -0.25) is 9.59 Å². The van der Waals surface area contributed by atoms with Gasteiger partial charge >= 0.3 is 0 Å². The first-order valence-electron chi connectivity index (χ1n) is 8.74. The molecule has 1 N–H and O–H groups in total. The normalized spacial score (nSPS) is 19.1. The first kappa shape index (κ1) is 18.0. The summed E-state index contributed by atoms with van der Waals surface area (Å²) in [5.41, 5.74) is 1.25. The summed E-state index contributed by atoms with van der Waals surface area (Å²) >= 11 is 0. The van der Waals surface area contributed by atoms with Crippen molar-refractivity contribution < 1.29 is 4.79 Å². The summed E-state index contributed by atoms with van der Waals surface area (Å²) in [5.74, 6) is 0.143. The number of benzene rings is 1. The van der Waals surface area contributed by atoms with Crippen LogP contribution in [-0.4, -0.2) is 41.6 Å². The third-order valence-electron chi connectivity index (χ3n) is 5.70. The van der Waals surface area contributed by atoms with E-state index in [2.05, 4.69) is 5.32 Å². The summed E-state index contributed by atoms with van der Waals surface area (Å²) in [7, 11) is 0. The van der Waals surface area contributed by atoms with Crippen molar-refractivity contribution in [3.05, 3.63) is 46.8 Å². The Balaban J connectivity index is 0.00000182. The van der Waals surface area contributed by atoms with Crippen molar-refractivity contribution in [2.45, 2.75) is 25.8 Å². The highest BCUT2D eigenvalue weighted by atomic mass is 35.5. The van der Waals surface area contributed by atoms with Crippen molar-refractivity contribution in [1.82, 2.24) is 14.8 Å². The second kappa shape index (κ2) is 7.18. The van der Waals surface area contributed by atoms with E-state index in [9.17, 15) is 9.59 Å². The van der Waals surface area contributed by atoms with Crippen LogP contribution in [0.4, 0.5) is 0 Å². The van der Waals surface area contributed by atoms with Gasteiger partial charge in [-0.2, -0.15) is 0 Å². The third kappa shape index (κ3) is 3.44. The Morgan fingerprint density at radius 2 is 1.88 bits per heavy atom. The number of carbonyl (C=O) groups excluding carboxylic acids is 1. The molecular formula is C19H24ClN3O2. The summed E-state index contributed by atoms with van der Waals surface area (Å²) in [6.07, 6.45) is 5.15. The number of fused-ring (bicyclic) bond motifs is 1. The molecule has 0 aliphatic carbocycles. The van der Waals surface area contributed by atoms with E-state index < -0.39 is 0 Å². The smallest absolute Gasteiger partial charge is 0.242 e. The van der Waals surface area contributed by atoms with E-state index in [1.54, 1.807) is 12.3 Å². The van der Waals surface area contributed by atoms with E-state index in [1.807, 2.05) is 33.7 Å². The molecule has 5 nitrogen and oxygen atoms in total. The number of nitrogens with zero attached hydrogens (tertiary/aromatic N) is 2. The van der Waals surface area contributed by atoms with Gasteiger partial charge in [0.2, 0.25) is 5.91 Å². The molecule has 2 fully saturated rings. The molecule has 0 radical (unpaired) electrons. The molecule has 2 aliphatic rings. The minimum absolute atomic E-state index is 0. The van der Waals surface area contributed by atoms with E-state index >= 15 is 0 Å². The van der Waals surface area contributed by atoms with Crippen LogP contribution in [0.1, 0.15) is 19.3 Å². The summed E-state index contributed by atoms with van der Waals surface area (Å²) in [6, 6.07) is 9.02. The van der Waals surface area contributed by atoms with Gasteiger partial charge in [-0.05, 0) is 43.4 Å². The molecule has 2 aliphatic heterocycles. The van der Waals surface area contributed by atoms with Gasteiger partial charge in [0.15, 0.2) is 5.43 Å². The third-order valence-corrected chi connectivity index (χ3v) is 5.70. The van der Waals surface area contributed by atoms with Crippen molar-refractivity contribution in [3.63, 3.8) is 0 Å². The van der Waals surface area contributed by atoms with Crippen LogP contribution in [0.15, 0.2) is 41.3 Å². The first-order chi connectivity index (χ1) is 11.7. The van der Waals surface area contributed by atoms with Crippen LogP contribution in [0.2, 0.25) is 0 Å². The predicted molar refractivity (Wildman–Crippen MR) is 101 cm³/mol. The minimum Gasteiger partial charge on any atom is -0.341 e. The lowest BCUT2D eigenvalue weighted by Crippen LogP contribution is -2.45. The van der Waals surface area contributed by atoms with E-state index in [-0.39, 0.29) is 23.7 Å². The highest BCUT2D eigenvalue weighted by Gasteiger charge is 2.37. The lowest BCUT2D eigenvalue weighted by atomic mass is 9.78. The van der Waals surface area contributed by atoms with Crippen LogP contribution in [0.5, 0.6) is 0 Å². The van der Waals surface area contributed by atoms with Gasteiger partial charge < -0.3 is 14.8 Å². The van der Waals surface area contributed by atoms with Crippen LogP contribution in [0, 0.1) is 5.41 Å². The maximum Gasteiger partial charge on any atom is 0.242 e. The van der Waals surface area contributed by atoms with Gasteiger partial charge in [0, 0.05) is 37.3 Å². The number of halogens is 1. The number of rotatable bonds is 2. The second-order valence-corrected chi connectivity index (χ2v) is 7.13. The molecule has 6 heteroatoms. The zero-order valence-corrected chi connectivity index (χ0v) is 15.1. The van der Waals surface area contributed by atoms with Gasteiger partial charge in [0.05, 0.1) is 5.52 Å². The van der Waals surface area contributed by atoms with Crippen molar-refractivity contribution >= 4 is 29.2 Å². The number of nitrogens with one attached hydrogen (secondary N) is 1. The van der Waals surface area contributed by atoms with E-state index in [0.29, 0.717) is 17.3 Å². The van der Waals surface area contributed by atoms with Gasteiger partial charge in [-0.25, -0.2) is 0 Å². The van der Waals surface area contributed by atoms with Crippen LogP contribution in [0.3, 0.4) is 0 Å². The molecule has 25 heavy (non-hydrogen) atoms. The number of piperidine rings is 1. The Hall–Kier alpha value is -1.85. The monoisotopic (exact) mass is 361 g/mol. The van der Waals surface area contributed by atoms with E-state index in [4.69, 9.17) is 0 Å². The molecule has 2 aromatic rings. The molecule has 0 saturated carbocycles. The molecule has 0 unspecified atom stereocenters. The Morgan fingerprint density at radius 3 is 2.60 bits per heavy atom. The van der Waals surface area contributed by atoms with Crippen molar-refractivity contribution in [1.29, 1.82) is 0 Å². The molecular weight excluding hydrogens is 338 g/mol. The standard InChI is InChI=1S/C19H23N3O2.ClH/c23-17-5-10-22(16-4-2-1-3-15(16)17)13-18(24)21-11-7-19(8-12-21)6-9-20-14-19;/h1-5,10,20H,6-9,11-14H2;1H. The fraction of sp³-hybridized carbons (Fsp3) is 0.474. The Kier molecular flexibility index (Phi) is 5.16. The highest BCUT2D eigenvalue weighted by Crippen LogP contribution is 2.36. The zero-order valence-electron chi connectivity index (χ0n) is 14.2. The van der Waals surface area contributed by atoms with Crippen LogP contribution < -0.4 is 10.7 Å². The Bertz CT molecular complexity index is 817. The topological polar surface area (TPSA) is 54.3 Å². The Morgan fingerprint density at radius 1 is 1.12 bits per heavy atom. The molecule has 2 saturated heterocycles. The Labute approximate surface area is 153 Å². The molecule has 1 aromatic carbocycles. The lowest BCUT2D eigenvalue weighted by molar-refractivity contribution is -0.133. The van der Waals surface area contributed by atoms with Crippen molar-refractivity contribution in [2.75, 3.05) is 26.2 Å². The summed E-state index contributed by atoms with van der Waals surface area (Å²) in [5, 5.41) is 4.12. The molecule has 1 amide bonds. The fourth-order valence-electron chi connectivity index (χ4n) is 4.10. The van der Waals surface area contributed by atoms with Gasteiger partial charge in [0.1, 0.15) is 6.54 Å².